The van der Waals surface area contributed by atoms with Crippen LogP contribution < -0.4 is 4.74 Å². The van der Waals surface area contributed by atoms with Crippen molar-refractivity contribution in [2.45, 2.75) is 25.7 Å². The van der Waals surface area contributed by atoms with E-state index >= 15 is 0 Å². The van der Waals surface area contributed by atoms with Crippen molar-refractivity contribution in [1.82, 2.24) is 0 Å². The highest BCUT2D eigenvalue weighted by atomic mass is 79.9. The van der Waals surface area contributed by atoms with Crippen LogP contribution in [-0.2, 0) is 0 Å². The Kier molecular flexibility index (Phi) is 4.47. The molecule has 17 heavy (non-hydrogen) atoms. The summed E-state index contributed by atoms with van der Waals surface area (Å²) in [5.41, 5.74) is 0.194. The Morgan fingerprint density at radius 2 is 2.00 bits per heavy atom. The van der Waals surface area contributed by atoms with E-state index in [1.54, 1.807) is 12.1 Å². The number of ether oxygens (including phenoxy) is 1. The monoisotopic (exact) mass is 364 g/mol. The molecule has 1 fully saturated rings. The molecule has 0 aliphatic heterocycles. The fraction of sp³-hybridized carbons (Fsp3) is 0.538. The third kappa shape index (κ3) is 3.22. The van der Waals surface area contributed by atoms with Gasteiger partial charge in [0.25, 0.3) is 0 Å². The minimum atomic E-state index is -0.304. The number of benzene rings is 1. The molecule has 1 saturated carbocycles. The average molecular weight is 366 g/mol. The average Bonchev–Trinajstić information content (AvgIpc) is 2.77. The lowest BCUT2D eigenvalue weighted by Gasteiger charge is -2.26. The molecule has 1 aliphatic rings. The SMILES string of the molecule is Fc1cc(Br)ccc1OCC1(CBr)CCCC1. The molecule has 0 atom stereocenters. The maximum atomic E-state index is 13.6. The lowest BCUT2D eigenvalue weighted by atomic mass is 9.90. The van der Waals surface area contributed by atoms with Gasteiger partial charge in [-0.1, -0.05) is 44.7 Å². The van der Waals surface area contributed by atoms with Crippen molar-refractivity contribution in [3.63, 3.8) is 0 Å². The second-order valence-electron chi connectivity index (χ2n) is 4.70. The summed E-state index contributed by atoms with van der Waals surface area (Å²) in [5, 5.41) is 0.929. The molecule has 0 amide bonds. The first-order valence-corrected chi connectivity index (χ1v) is 7.70. The number of rotatable bonds is 4. The van der Waals surface area contributed by atoms with E-state index in [0.29, 0.717) is 12.4 Å². The Bertz CT molecular complexity index is 389. The van der Waals surface area contributed by atoms with Crippen molar-refractivity contribution in [1.29, 1.82) is 0 Å². The predicted octanol–water partition coefficient (Wildman–Crippen LogP) is 4.92. The summed E-state index contributed by atoms with van der Waals surface area (Å²) >= 11 is 6.79. The lowest BCUT2D eigenvalue weighted by molar-refractivity contribution is 0.168. The van der Waals surface area contributed by atoms with Crippen LogP contribution in [0, 0.1) is 11.2 Å². The molecular formula is C13H15Br2FO. The van der Waals surface area contributed by atoms with Gasteiger partial charge in [-0.05, 0) is 31.0 Å². The summed E-state index contributed by atoms with van der Waals surface area (Å²) in [7, 11) is 0. The van der Waals surface area contributed by atoms with Gasteiger partial charge in [0.1, 0.15) is 0 Å². The molecule has 0 aromatic heterocycles. The number of alkyl halides is 1. The largest absolute Gasteiger partial charge is 0.490 e. The van der Waals surface area contributed by atoms with Crippen LogP contribution in [0.4, 0.5) is 4.39 Å². The molecule has 1 aromatic rings. The fourth-order valence-corrected chi connectivity index (χ4v) is 3.32. The van der Waals surface area contributed by atoms with Gasteiger partial charge >= 0.3 is 0 Å². The van der Waals surface area contributed by atoms with Gasteiger partial charge in [0.15, 0.2) is 11.6 Å². The Hall–Kier alpha value is -0.0900. The van der Waals surface area contributed by atoms with Crippen LogP contribution in [0.2, 0.25) is 0 Å². The minimum Gasteiger partial charge on any atom is -0.490 e. The van der Waals surface area contributed by atoms with Crippen molar-refractivity contribution >= 4 is 31.9 Å². The van der Waals surface area contributed by atoms with E-state index in [0.717, 1.165) is 22.6 Å². The number of hydrogen-bond donors (Lipinski definition) is 0. The molecule has 4 heteroatoms. The van der Waals surface area contributed by atoms with Crippen molar-refractivity contribution in [3.8, 4) is 5.75 Å². The smallest absolute Gasteiger partial charge is 0.166 e. The van der Waals surface area contributed by atoms with Crippen molar-refractivity contribution < 1.29 is 9.13 Å². The Balaban J connectivity index is 2.01. The van der Waals surface area contributed by atoms with Gasteiger partial charge in [-0.15, -0.1) is 0 Å². The molecule has 0 saturated heterocycles. The maximum Gasteiger partial charge on any atom is 0.166 e. The highest BCUT2D eigenvalue weighted by Gasteiger charge is 2.33. The Morgan fingerprint density at radius 3 is 2.59 bits per heavy atom. The van der Waals surface area contributed by atoms with E-state index in [-0.39, 0.29) is 11.2 Å². The van der Waals surface area contributed by atoms with Crippen LogP contribution in [0.5, 0.6) is 5.75 Å². The Labute approximate surface area is 118 Å². The first-order valence-electron chi connectivity index (χ1n) is 5.79. The predicted molar refractivity (Wildman–Crippen MR) is 74.3 cm³/mol. The van der Waals surface area contributed by atoms with Gasteiger partial charge in [0.2, 0.25) is 0 Å². The molecule has 1 nitrogen and oxygen atoms in total. The fourth-order valence-electron chi connectivity index (χ4n) is 2.26. The van der Waals surface area contributed by atoms with E-state index in [2.05, 4.69) is 31.9 Å². The molecule has 0 heterocycles. The van der Waals surface area contributed by atoms with Crippen molar-refractivity contribution in [3.05, 3.63) is 28.5 Å². The molecule has 0 radical (unpaired) electrons. The van der Waals surface area contributed by atoms with Crippen LogP contribution in [0.3, 0.4) is 0 Å². The van der Waals surface area contributed by atoms with Gasteiger partial charge in [0, 0.05) is 15.2 Å². The van der Waals surface area contributed by atoms with Crippen molar-refractivity contribution in [2.75, 3.05) is 11.9 Å². The third-order valence-corrected chi connectivity index (χ3v) is 5.06. The summed E-state index contributed by atoms with van der Waals surface area (Å²) < 4.78 is 20.0. The first-order chi connectivity index (χ1) is 8.15. The molecule has 2 rings (SSSR count). The van der Waals surface area contributed by atoms with Crippen LogP contribution in [0.15, 0.2) is 22.7 Å². The molecule has 0 spiro atoms. The van der Waals surface area contributed by atoms with Crippen LogP contribution in [0.25, 0.3) is 0 Å². The maximum absolute atomic E-state index is 13.6. The number of hydrogen-bond acceptors (Lipinski definition) is 1. The van der Waals surface area contributed by atoms with Gasteiger partial charge < -0.3 is 4.74 Å². The zero-order valence-electron chi connectivity index (χ0n) is 9.52. The highest BCUT2D eigenvalue weighted by molar-refractivity contribution is 9.10. The normalized spacial score (nSPS) is 18.3. The first kappa shape index (κ1) is 13.3. The molecule has 94 valence electrons. The standard InChI is InChI=1S/C13H15Br2FO/c14-8-13(5-1-2-6-13)9-17-12-4-3-10(15)7-11(12)16/h3-4,7H,1-2,5-6,8-9H2. The van der Waals surface area contributed by atoms with Gasteiger partial charge in [-0.3, -0.25) is 0 Å². The molecule has 0 unspecified atom stereocenters. The summed E-state index contributed by atoms with van der Waals surface area (Å²) in [5.74, 6) is 0.0440. The topological polar surface area (TPSA) is 9.23 Å². The Morgan fingerprint density at radius 1 is 1.29 bits per heavy atom. The van der Waals surface area contributed by atoms with E-state index in [1.165, 1.54) is 18.9 Å². The molecule has 1 aromatic carbocycles. The zero-order valence-corrected chi connectivity index (χ0v) is 12.7. The summed E-state index contributed by atoms with van der Waals surface area (Å²) in [6.45, 7) is 0.594. The highest BCUT2D eigenvalue weighted by Crippen LogP contribution is 2.40. The third-order valence-electron chi connectivity index (χ3n) is 3.38. The molecule has 0 N–H and O–H groups in total. The molecular weight excluding hydrogens is 351 g/mol. The van der Waals surface area contributed by atoms with E-state index in [9.17, 15) is 4.39 Å². The van der Waals surface area contributed by atoms with Crippen LogP contribution in [-0.4, -0.2) is 11.9 Å². The van der Waals surface area contributed by atoms with Gasteiger partial charge in [0.05, 0.1) is 6.61 Å². The lowest BCUT2D eigenvalue weighted by Crippen LogP contribution is -2.27. The quantitative estimate of drug-likeness (QED) is 0.688. The summed E-state index contributed by atoms with van der Waals surface area (Å²) in [6, 6.07) is 4.91. The summed E-state index contributed by atoms with van der Waals surface area (Å²) in [4.78, 5) is 0. The second-order valence-corrected chi connectivity index (χ2v) is 6.18. The van der Waals surface area contributed by atoms with Gasteiger partial charge in [-0.2, -0.15) is 0 Å². The van der Waals surface area contributed by atoms with Crippen molar-refractivity contribution in [2.24, 2.45) is 5.41 Å². The number of halogens is 3. The van der Waals surface area contributed by atoms with Crippen LogP contribution in [0.1, 0.15) is 25.7 Å². The molecule has 1 aliphatic carbocycles. The molecule has 0 bridgehead atoms. The zero-order chi connectivity index (χ0) is 12.3. The minimum absolute atomic E-state index is 0.194. The van der Waals surface area contributed by atoms with Crippen LogP contribution >= 0.6 is 31.9 Å². The van der Waals surface area contributed by atoms with E-state index in [4.69, 9.17) is 4.74 Å². The van der Waals surface area contributed by atoms with Gasteiger partial charge in [-0.25, -0.2) is 4.39 Å². The second kappa shape index (κ2) is 5.70. The van der Waals surface area contributed by atoms with E-state index in [1.807, 2.05) is 0 Å². The summed E-state index contributed by atoms with van der Waals surface area (Å²) in [6.07, 6.45) is 4.82. The van der Waals surface area contributed by atoms with E-state index < -0.39 is 0 Å².